The van der Waals surface area contributed by atoms with Crippen LogP contribution in [0.15, 0.2) is 10.9 Å². The summed E-state index contributed by atoms with van der Waals surface area (Å²) in [6, 6.07) is 1.79. The molecule has 19 heavy (non-hydrogen) atoms. The van der Waals surface area contributed by atoms with Gasteiger partial charge in [-0.15, -0.1) is 0 Å². The van der Waals surface area contributed by atoms with Gasteiger partial charge in [-0.1, -0.05) is 0 Å². The molecule has 0 unspecified atom stereocenters. The highest BCUT2D eigenvalue weighted by Gasteiger charge is 2.11. The van der Waals surface area contributed by atoms with E-state index in [9.17, 15) is 4.79 Å². The number of nitrogens with zero attached hydrogens (tertiary/aromatic N) is 4. The monoisotopic (exact) mass is 262 g/mol. The summed E-state index contributed by atoms with van der Waals surface area (Å²) in [6.45, 7) is 6.08. The zero-order valence-corrected chi connectivity index (χ0v) is 11.0. The van der Waals surface area contributed by atoms with Gasteiger partial charge < -0.3 is 10.2 Å². The van der Waals surface area contributed by atoms with Crippen molar-refractivity contribution in [1.29, 1.82) is 0 Å². The molecule has 102 valence electrons. The fraction of sp³-hybridized carbons (Fsp3) is 0.583. The van der Waals surface area contributed by atoms with Gasteiger partial charge in [-0.3, -0.25) is 0 Å². The normalized spacial score (nSPS) is 16.3. The van der Waals surface area contributed by atoms with Gasteiger partial charge in [0.1, 0.15) is 11.6 Å². The third-order valence-corrected chi connectivity index (χ3v) is 3.50. The Morgan fingerprint density at radius 1 is 1.42 bits per heavy atom. The fourth-order valence-corrected chi connectivity index (χ4v) is 2.54. The summed E-state index contributed by atoms with van der Waals surface area (Å²) < 4.78 is 1.46. The van der Waals surface area contributed by atoms with Crippen LogP contribution in [0.3, 0.4) is 0 Å². The minimum absolute atomic E-state index is 0.247. The van der Waals surface area contributed by atoms with Crippen LogP contribution in [0.25, 0.3) is 5.65 Å². The van der Waals surface area contributed by atoms with Gasteiger partial charge in [0.25, 0.3) is 0 Å². The first-order chi connectivity index (χ1) is 9.24. The van der Waals surface area contributed by atoms with Crippen LogP contribution in [0, 0.1) is 6.92 Å². The SMILES string of the molecule is Cc1nc(NCCN2CCCC2)cc2n[nH]c(=O)n12. The average molecular weight is 262 g/mol. The molecule has 0 aliphatic carbocycles. The zero-order chi connectivity index (χ0) is 13.2. The van der Waals surface area contributed by atoms with Crippen LogP contribution in [-0.2, 0) is 0 Å². The third kappa shape index (κ3) is 2.46. The molecule has 0 radical (unpaired) electrons. The van der Waals surface area contributed by atoms with Crippen molar-refractivity contribution in [3.8, 4) is 0 Å². The molecule has 0 aromatic carbocycles. The third-order valence-electron chi connectivity index (χ3n) is 3.50. The number of hydrogen-bond donors (Lipinski definition) is 2. The lowest BCUT2D eigenvalue weighted by molar-refractivity contribution is 0.352. The number of aromatic nitrogens is 4. The first kappa shape index (κ1) is 12.2. The zero-order valence-electron chi connectivity index (χ0n) is 11.0. The second-order valence-corrected chi connectivity index (χ2v) is 4.89. The van der Waals surface area contributed by atoms with Crippen LogP contribution in [0.1, 0.15) is 18.7 Å². The van der Waals surface area contributed by atoms with Crippen LogP contribution in [0.5, 0.6) is 0 Å². The van der Waals surface area contributed by atoms with Gasteiger partial charge in [0.15, 0.2) is 5.65 Å². The Morgan fingerprint density at radius 3 is 3.00 bits per heavy atom. The van der Waals surface area contributed by atoms with E-state index in [-0.39, 0.29) is 5.69 Å². The Kier molecular flexibility index (Phi) is 3.20. The van der Waals surface area contributed by atoms with Crippen molar-refractivity contribution >= 4 is 11.5 Å². The maximum atomic E-state index is 11.5. The number of hydrogen-bond acceptors (Lipinski definition) is 5. The number of rotatable bonds is 4. The van der Waals surface area contributed by atoms with E-state index in [1.165, 1.54) is 30.3 Å². The van der Waals surface area contributed by atoms with Crippen molar-refractivity contribution in [2.24, 2.45) is 0 Å². The van der Waals surface area contributed by atoms with Crippen LogP contribution in [0.2, 0.25) is 0 Å². The van der Waals surface area contributed by atoms with E-state index in [1.54, 1.807) is 13.0 Å². The Hall–Kier alpha value is -1.89. The van der Waals surface area contributed by atoms with Gasteiger partial charge in [0.05, 0.1) is 0 Å². The summed E-state index contributed by atoms with van der Waals surface area (Å²) in [5, 5.41) is 9.68. The fourth-order valence-electron chi connectivity index (χ4n) is 2.54. The van der Waals surface area contributed by atoms with Gasteiger partial charge in [-0.05, 0) is 32.9 Å². The quantitative estimate of drug-likeness (QED) is 0.825. The molecular weight excluding hydrogens is 244 g/mol. The second kappa shape index (κ2) is 5.00. The Balaban J connectivity index is 1.69. The summed E-state index contributed by atoms with van der Waals surface area (Å²) in [6.07, 6.45) is 2.61. The smallest absolute Gasteiger partial charge is 0.349 e. The number of aromatic amines is 1. The molecule has 2 aromatic rings. The maximum absolute atomic E-state index is 11.5. The average Bonchev–Trinajstić information content (AvgIpc) is 3.00. The van der Waals surface area contributed by atoms with Crippen molar-refractivity contribution < 1.29 is 0 Å². The predicted octanol–water partition coefficient (Wildman–Crippen LogP) is 0.234. The number of aryl methyl sites for hydroxylation is 1. The standard InChI is InChI=1S/C12H18N6O/c1-9-14-10(8-11-15-16-12(19)18(9)11)13-4-7-17-5-2-3-6-17/h8,13H,2-7H2,1H3,(H,16,19). The Labute approximate surface area is 110 Å². The van der Waals surface area contributed by atoms with E-state index in [2.05, 4.69) is 25.4 Å². The first-order valence-electron chi connectivity index (χ1n) is 6.65. The number of fused-ring (bicyclic) bond motifs is 1. The number of likely N-dealkylation sites (tertiary alicyclic amines) is 1. The molecule has 7 nitrogen and oxygen atoms in total. The van der Waals surface area contributed by atoms with E-state index in [1.807, 2.05) is 0 Å². The summed E-state index contributed by atoms with van der Waals surface area (Å²) >= 11 is 0. The molecule has 0 atom stereocenters. The van der Waals surface area contributed by atoms with Gasteiger partial charge in [0.2, 0.25) is 0 Å². The predicted molar refractivity (Wildman–Crippen MR) is 72.5 cm³/mol. The molecule has 3 heterocycles. The number of anilines is 1. The van der Waals surface area contributed by atoms with Crippen molar-refractivity contribution in [2.75, 3.05) is 31.5 Å². The number of nitrogens with one attached hydrogen (secondary N) is 2. The van der Waals surface area contributed by atoms with E-state index in [0.717, 1.165) is 18.9 Å². The van der Waals surface area contributed by atoms with Crippen LogP contribution in [-0.4, -0.2) is 50.7 Å². The van der Waals surface area contributed by atoms with E-state index >= 15 is 0 Å². The molecule has 1 fully saturated rings. The molecule has 3 rings (SSSR count). The van der Waals surface area contributed by atoms with Crippen molar-refractivity contribution in [2.45, 2.75) is 19.8 Å². The Bertz CT molecular complexity index is 625. The highest BCUT2D eigenvalue weighted by molar-refractivity contribution is 5.49. The van der Waals surface area contributed by atoms with Crippen molar-refractivity contribution in [3.63, 3.8) is 0 Å². The maximum Gasteiger partial charge on any atom is 0.349 e. The minimum atomic E-state index is -0.247. The lowest BCUT2D eigenvalue weighted by atomic mass is 10.4. The van der Waals surface area contributed by atoms with E-state index in [0.29, 0.717) is 11.5 Å². The summed E-state index contributed by atoms with van der Waals surface area (Å²) in [7, 11) is 0. The van der Waals surface area contributed by atoms with Crippen LogP contribution < -0.4 is 11.0 Å². The second-order valence-electron chi connectivity index (χ2n) is 4.89. The molecule has 1 saturated heterocycles. The molecule has 0 saturated carbocycles. The topological polar surface area (TPSA) is 78.3 Å². The molecule has 7 heteroatoms. The molecule has 0 amide bonds. The first-order valence-corrected chi connectivity index (χ1v) is 6.65. The van der Waals surface area contributed by atoms with Crippen molar-refractivity contribution in [1.82, 2.24) is 24.5 Å². The van der Waals surface area contributed by atoms with Crippen LogP contribution >= 0.6 is 0 Å². The Morgan fingerprint density at radius 2 is 2.21 bits per heavy atom. The van der Waals surface area contributed by atoms with Crippen LogP contribution in [0.4, 0.5) is 5.82 Å². The molecule has 0 bridgehead atoms. The number of H-pyrrole nitrogens is 1. The van der Waals surface area contributed by atoms with Gasteiger partial charge in [-0.25, -0.2) is 19.3 Å². The van der Waals surface area contributed by atoms with Gasteiger partial charge >= 0.3 is 5.69 Å². The molecule has 0 spiro atoms. The summed E-state index contributed by atoms with van der Waals surface area (Å²) in [4.78, 5) is 18.3. The highest BCUT2D eigenvalue weighted by atomic mass is 16.1. The molecule has 2 N–H and O–H groups in total. The largest absolute Gasteiger partial charge is 0.369 e. The van der Waals surface area contributed by atoms with E-state index < -0.39 is 0 Å². The van der Waals surface area contributed by atoms with Gasteiger partial charge in [-0.2, -0.15) is 5.10 Å². The molecule has 1 aliphatic rings. The lowest BCUT2D eigenvalue weighted by Gasteiger charge is -2.15. The highest BCUT2D eigenvalue weighted by Crippen LogP contribution is 2.09. The molecule has 1 aliphatic heterocycles. The van der Waals surface area contributed by atoms with E-state index in [4.69, 9.17) is 0 Å². The summed E-state index contributed by atoms with van der Waals surface area (Å²) in [5.74, 6) is 1.41. The summed E-state index contributed by atoms with van der Waals surface area (Å²) in [5.41, 5.74) is 0.352. The van der Waals surface area contributed by atoms with Crippen molar-refractivity contribution in [3.05, 3.63) is 22.4 Å². The lowest BCUT2D eigenvalue weighted by Crippen LogP contribution is -2.26. The molecular formula is C12H18N6O. The molecule has 2 aromatic heterocycles. The minimum Gasteiger partial charge on any atom is -0.369 e. The van der Waals surface area contributed by atoms with Gasteiger partial charge in [0, 0.05) is 19.2 Å².